The Kier molecular flexibility index (Phi) is 4.46. The van der Waals surface area contributed by atoms with Crippen LogP contribution in [0.4, 0.5) is 4.39 Å². The van der Waals surface area contributed by atoms with E-state index in [0.717, 1.165) is 35.3 Å². The van der Waals surface area contributed by atoms with E-state index in [1.807, 2.05) is 0 Å². The molecule has 0 unspecified atom stereocenters. The molecule has 6 heteroatoms. The van der Waals surface area contributed by atoms with E-state index in [1.54, 1.807) is 6.07 Å². The number of hydrazine groups is 1. The first-order valence-electron chi connectivity index (χ1n) is 7.92. The third kappa shape index (κ3) is 3.09. The number of benzene rings is 1. The molecule has 0 bridgehead atoms. The van der Waals surface area contributed by atoms with Crippen molar-refractivity contribution >= 4 is 17.3 Å². The monoisotopic (exact) mass is 348 g/mol. The van der Waals surface area contributed by atoms with Crippen molar-refractivity contribution in [3.05, 3.63) is 45.6 Å². The van der Waals surface area contributed by atoms with Crippen LogP contribution in [0.5, 0.6) is 0 Å². The second-order valence-electron chi connectivity index (χ2n) is 7.04. The van der Waals surface area contributed by atoms with Gasteiger partial charge in [0.1, 0.15) is 5.82 Å². The molecule has 24 heavy (non-hydrogen) atoms. The summed E-state index contributed by atoms with van der Waals surface area (Å²) in [6, 6.07) is 4.42. The summed E-state index contributed by atoms with van der Waals surface area (Å²) in [5, 5.41) is 9.81. The maximum atomic E-state index is 13.6. The van der Waals surface area contributed by atoms with Gasteiger partial charge in [0.15, 0.2) is 0 Å². The van der Waals surface area contributed by atoms with Gasteiger partial charge in [-0.3, -0.25) is 11.3 Å². The molecule has 4 N–H and O–H groups in total. The van der Waals surface area contributed by atoms with Crippen LogP contribution in [-0.4, -0.2) is 11.1 Å². The molecule has 0 fully saturated rings. The molecular weight excluding hydrogens is 327 g/mol. The van der Waals surface area contributed by atoms with Gasteiger partial charge < -0.3 is 5.11 Å². The Balaban J connectivity index is 2.20. The molecule has 0 atom stereocenters. The lowest BCUT2D eigenvalue weighted by Crippen LogP contribution is -2.22. The van der Waals surface area contributed by atoms with Crippen LogP contribution in [0.15, 0.2) is 18.2 Å². The third-order valence-corrected chi connectivity index (χ3v) is 5.92. The Bertz CT molecular complexity index is 799. The number of aromatic carboxylic acids is 1. The topological polar surface area (TPSA) is 75.3 Å². The number of aryl methyl sites for hydroxylation is 1. The third-order valence-electron chi connectivity index (χ3n) is 4.59. The zero-order valence-corrected chi connectivity index (χ0v) is 14.6. The minimum absolute atomic E-state index is 0.0972. The molecule has 0 aliphatic heterocycles. The molecular formula is C18H21FN2O2S. The fourth-order valence-electron chi connectivity index (χ4n) is 3.38. The van der Waals surface area contributed by atoms with Crippen LogP contribution in [0, 0.1) is 11.2 Å². The van der Waals surface area contributed by atoms with Gasteiger partial charge in [0.25, 0.3) is 0 Å². The number of hydrogen-bond donors (Lipinski definition) is 3. The largest absolute Gasteiger partial charge is 0.478 e. The Morgan fingerprint density at radius 2 is 2.21 bits per heavy atom. The molecule has 128 valence electrons. The fraction of sp³-hybridized carbons (Fsp3) is 0.389. The number of carbonyl (C=O) groups is 1. The Labute approximate surface area is 144 Å². The van der Waals surface area contributed by atoms with E-state index in [0.29, 0.717) is 16.0 Å². The summed E-state index contributed by atoms with van der Waals surface area (Å²) < 4.78 is 13.6. The SMILES string of the molecule is CC1(C)CCc2sc(-c3ccc(F)cc3CNN)c(C(=O)O)c2C1. The molecule has 0 saturated carbocycles. The van der Waals surface area contributed by atoms with Gasteiger partial charge in [-0.2, -0.15) is 0 Å². The van der Waals surface area contributed by atoms with Crippen molar-refractivity contribution in [2.24, 2.45) is 11.3 Å². The Morgan fingerprint density at radius 3 is 2.88 bits per heavy atom. The molecule has 1 heterocycles. The number of rotatable bonds is 4. The number of carboxylic acid groups (broad SMARTS) is 1. The molecule has 1 aliphatic carbocycles. The number of nitrogens with one attached hydrogen (secondary N) is 1. The van der Waals surface area contributed by atoms with Crippen LogP contribution in [0.1, 0.15) is 46.6 Å². The summed E-state index contributed by atoms with van der Waals surface area (Å²) >= 11 is 1.52. The lowest BCUT2D eigenvalue weighted by Gasteiger charge is -2.29. The van der Waals surface area contributed by atoms with E-state index in [-0.39, 0.29) is 17.8 Å². The van der Waals surface area contributed by atoms with Gasteiger partial charge in [-0.15, -0.1) is 11.3 Å². The molecule has 0 amide bonds. The van der Waals surface area contributed by atoms with Gasteiger partial charge in [-0.05, 0) is 53.5 Å². The van der Waals surface area contributed by atoms with Gasteiger partial charge >= 0.3 is 5.97 Å². The lowest BCUT2D eigenvalue weighted by molar-refractivity contribution is 0.0696. The quantitative estimate of drug-likeness (QED) is 0.581. The molecule has 3 rings (SSSR count). The van der Waals surface area contributed by atoms with Gasteiger partial charge in [0, 0.05) is 16.3 Å². The van der Waals surface area contributed by atoms with Crippen molar-refractivity contribution in [2.45, 2.75) is 39.7 Å². The lowest BCUT2D eigenvalue weighted by atomic mass is 9.76. The van der Waals surface area contributed by atoms with E-state index >= 15 is 0 Å². The van der Waals surface area contributed by atoms with Crippen molar-refractivity contribution in [1.29, 1.82) is 0 Å². The molecule has 1 aliphatic rings. The second-order valence-corrected chi connectivity index (χ2v) is 8.14. The predicted molar refractivity (Wildman–Crippen MR) is 93.5 cm³/mol. The van der Waals surface area contributed by atoms with E-state index < -0.39 is 5.97 Å². The molecule has 1 aromatic carbocycles. The summed E-state index contributed by atoms with van der Waals surface area (Å²) in [5.41, 5.74) is 5.34. The average molecular weight is 348 g/mol. The number of hydrogen-bond acceptors (Lipinski definition) is 4. The molecule has 0 radical (unpaired) electrons. The van der Waals surface area contributed by atoms with E-state index in [9.17, 15) is 14.3 Å². The highest BCUT2D eigenvalue weighted by Crippen LogP contribution is 2.45. The number of fused-ring (bicyclic) bond motifs is 1. The first-order valence-corrected chi connectivity index (χ1v) is 8.74. The Morgan fingerprint density at radius 1 is 1.46 bits per heavy atom. The van der Waals surface area contributed by atoms with Crippen molar-refractivity contribution in [3.63, 3.8) is 0 Å². The van der Waals surface area contributed by atoms with Gasteiger partial charge in [-0.1, -0.05) is 19.9 Å². The fourth-order valence-corrected chi connectivity index (χ4v) is 4.75. The first-order chi connectivity index (χ1) is 11.3. The van der Waals surface area contributed by atoms with E-state index in [4.69, 9.17) is 5.84 Å². The van der Waals surface area contributed by atoms with Crippen molar-refractivity contribution in [3.8, 4) is 10.4 Å². The first kappa shape index (κ1) is 17.1. The van der Waals surface area contributed by atoms with Crippen molar-refractivity contribution in [1.82, 2.24) is 5.43 Å². The van der Waals surface area contributed by atoms with Gasteiger partial charge in [-0.25, -0.2) is 9.18 Å². The maximum Gasteiger partial charge on any atom is 0.337 e. The van der Waals surface area contributed by atoms with Crippen molar-refractivity contribution < 1.29 is 14.3 Å². The number of thiophene rings is 1. The summed E-state index contributed by atoms with van der Waals surface area (Å²) in [4.78, 5) is 13.8. The highest BCUT2D eigenvalue weighted by molar-refractivity contribution is 7.16. The van der Waals surface area contributed by atoms with Crippen LogP contribution in [-0.2, 0) is 19.4 Å². The standard InChI is InChI=1S/C18H21FN2O2S/c1-18(2)6-5-14-13(8-18)15(17(22)23)16(24-14)12-4-3-11(19)7-10(12)9-21-20/h3-4,7,21H,5-6,8-9,20H2,1-2H3,(H,22,23). The molecule has 4 nitrogen and oxygen atoms in total. The van der Waals surface area contributed by atoms with E-state index in [1.165, 1.54) is 23.5 Å². The summed E-state index contributed by atoms with van der Waals surface area (Å²) in [5.74, 6) is 4.12. The summed E-state index contributed by atoms with van der Waals surface area (Å²) in [7, 11) is 0. The normalized spacial score (nSPS) is 16.0. The maximum absolute atomic E-state index is 13.6. The number of carboxylic acids is 1. The van der Waals surface area contributed by atoms with Crippen molar-refractivity contribution in [2.75, 3.05) is 0 Å². The van der Waals surface area contributed by atoms with Gasteiger partial charge in [0.05, 0.1) is 5.56 Å². The zero-order chi connectivity index (χ0) is 17.5. The second kappa shape index (κ2) is 6.27. The molecule has 0 saturated heterocycles. The van der Waals surface area contributed by atoms with Crippen LogP contribution in [0.25, 0.3) is 10.4 Å². The zero-order valence-electron chi connectivity index (χ0n) is 13.8. The van der Waals surface area contributed by atoms with Crippen LogP contribution < -0.4 is 11.3 Å². The highest BCUT2D eigenvalue weighted by atomic mass is 32.1. The summed E-state index contributed by atoms with van der Waals surface area (Å²) in [6.45, 7) is 4.61. The number of nitrogens with two attached hydrogens (primary N) is 1. The minimum Gasteiger partial charge on any atom is -0.478 e. The highest BCUT2D eigenvalue weighted by Gasteiger charge is 2.33. The number of halogens is 1. The summed E-state index contributed by atoms with van der Waals surface area (Å²) in [6.07, 6.45) is 2.69. The molecule has 1 aromatic heterocycles. The predicted octanol–water partition coefficient (Wildman–Crippen LogP) is 3.73. The van der Waals surface area contributed by atoms with E-state index in [2.05, 4.69) is 19.3 Å². The minimum atomic E-state index is -0.920. The van der Waals surface area contributed by atoms with Crippen LogP contribution >= 0.6 is 11.3 Å². The smallest absolute Gasteiger partial charge is 0.337 e. The van der Waals surface area contributed by atoms with Gasteiger partial charge in [0.2, 0.25) is 0 Å². The molecule has 2 aromatic rings. The van der Waals surface area contributed by atoms with Crippen LogP contribution in [0.2, 0.25) is 0 Å². The Hall–Kier alpha value is -1.76. The average Bonchev–Trinajstić information content (AvgIpc) is 2.84. The van der Waals surface area contributed by atoms with Crippen LogP contribution in [0.3, 0.4) is 0 Å². The molecule has 0 spiro atoms.